The Morgan fingerprint density at radius 1 is 0.500 bits per heavy atom. The van der Waals surface area contributed by atoms with Gasteiger partial charge < -0.3 is 28.5 Å². The van der Waals surface area contributed by atoms with Crippen LogP contribution in [0.15, 0.2) is 134 Å². The fraction of sp³-hybridized carbons (Fsp3) is 0.615. The van der Waals surface area contributed by atoms with Crippen molar-refractivity contribution in [2.45, 2.75) is 224 Å². The Labute approximate surface area is 703 Å². The molecule has 108 heavy (non-hydrogen) atoms. The van der Waals surface area contributed by atoms with Crippen LogP contribution in [0.1, 0.15) is 189 Å². The van der Waals surface area contributed by atoms with Gasteiger partial charge in [-0.3, -0.25) is 9.59 Å². The molecule has 602 valence electrons. The first-order chi connectivity index (χ1) is 50.3. The fourth-order valence-corrected chi connectivity index (χ4v) is 67.0. The first-order valence-corrected chi connectivity index (χ1v) is 62.6. The largest absolute Gasteiger partial charge is 0.460 e. The van der Waals surface area contributed by atoms with Gasteiger partial charge in [-0.2, -0.15) is 0 Å². The third kappa shape index (κ3) is 20.4. The third-order valence-corrected chi connectivity index (χ3v) is 68.9. The molecular formula is C78H114O10S18Si2. The lowest BCUT2D eigenvalue weighted by molar-refractivity contribution is -0.213. The van der Waals surface area contributed by atoms with Crippen molar-refractivity contribution in [1.82, 2.24) is 0 Å². The highest BCUT2D eigenvalue weighted by Crippen LogP contribution is 2.70. The van der Waals surface area contributed by atoms with Gasteiger partial charge in [0.05, 0.1) is 12.2 Å². The molecular weight excluding hydrogens is 1730 g/mol. The van der Waals surface area contributed by atoms with Crippen LogP contribution in [0.3, 0.4) is 0 Å². The lowest BCUT2D eigenvalue weighted by Crippen LogP contribution is -2.67. The van der Waals surface area contributed by atoms with Gasteiger partial charge in [-0.25, -0.2) is 9.59 Å². The number of rotatable bonds is 14. The Kier molecular flexibility index (Phi) is 37.3. The smallest absolute Gasteiger partial charge is 0.331 e. The molecule has 16 atom stereocenters. The maximum Gasteiger partial charge on any atom is 0.331 e. The Balaban J connectivity index is 0.000000273. The van der Waals surface area contributed by atoms with Gasteiger partial charge in [0.1, 0.15) is 37.0 Å². The molecule has 6 fully saturated rings. The van der Waals surface area contributed by atoms with Crippen LogP contribution in [-0.2, 0) is 202 Å². The molecule has 10 rings (SSSR count). The number of benzene rings is 4. The minimum atomic E-state index is -2.95. The summed E-state index contributed by atoms with van der Waals surface area (Å²) in [5.41, 5.74) is -2.75. The molecule has 0 aromatic heterocycles. The van der Waals surface area contributed by atoms with Crippen LogP contribution in [0.2, 0.25) is 10.1 Å². The summed E-state index contributed by atoms with van der Waals surface area (Å²) >= 11 is 9.49. The van der Waals surface area contributed by atoms with Gasteiger partial charge in [0.25, 0.3) is 16.6 Å². The second kappa shape index (κ2) is 42.0. The molecule has 0 amide bonds. The van der Waals surface area contributed by atoms with E-state index in [9.17, 15) is 29.4 Å². The number of ketones is 2. The zero-order valence-corrected chi connectivity index (χ0v) is 80.0. The summed E-state index contributed by atoms with van der Waals surface area (Å²) in [7, 11) is 21.3. The highest BCUT2D eigenvalue weighted by molar-refractivity contribution is 8.77. The molecule has 4 aromatic rings. The summed E-state index contributed by atoms with van der Waals surface area (Å²) in [6.07, 6.45) is 7.63. The molecule has 6 aliphatic rings. The maximum absolute atomic E-state index is 14.1. The molecule has 0 aliphatic heterocycles. The molecule has 6 aliphatic carbocycles. The lowest BCUT2D eigenvalue weighted by Gasteiger charge is -2.62. The van der Waals surface area contributed by atoms with Crippen LogP contribution < -0.4 is 20.7 Å². The highest BCUT2D eigenvalue weighted by atomic mass is 33.5. The van der Waals surface area contributed by atoms with E-state index in [1.54, 1.807) is 124 Å². The summed E-state index contributed by atoms with van der Waals surface area (Å²) in [6.45, 7) is 36.4. The number of aliphatic hydroxyl groups excluding tert-OH is 2. The molecule has 2 N–H and O–H groups in total. The molecule has 6 saturated carbocycles. The predicted molar refractivity (Wildman–Crippen MR) is 503 cm³/mol. The van der Waals surface area contributed by atoms with Gasteiger partial charge in [-0.1, -0.05) is 246 Å². The SMILES string of the molecule is C.C.C=C[C@@]1(C)C[C@@H](OC(=O)CO[Si](c2ccccc2)(c2ccccc2)C(C)(C)C)[C@@]2(C)C3C(=O)CC[C@@]3(CC[C@H]2C)[C@@H](C)[C@@H]1O.CC[C@@]1(C)C[C@@H](OC(=O)CO[Si](c2ccccc2)(c2ccccc2)C(C)(C)C)[C@@]2(C)C3C(=O)CC[C@@]3(CC[C@H]2C)[C@@H](C)[C@@H]1O.S=S=S=S=S=S=S=S=S=S=S=S=S=S=S=S=S=S. The van der Waals surface area contributed by atoms with E-state index >= 15 is 0 Å². The van der Waals surface area contributed by atoms with E-state index in [2.05, 4.69) is 152 Å². The number of esters is 2. The van der Waals surface area contributed by atoms with Crippen molar-refractivity contribution in [1.29, 1.82) is 0 Å². The minimum absolute atomic E-state index is 0. The molecule has 2 unspecified atom stereocenters. The van der Waals surface area contributed by atoms with Gasteiger partial charge in [-0.15, -0.1) is 6.58 Å². The van der Waals surface area contributed by atoms with Crippen LogP contribution in [0.25, 0.3) is 0 Å². The summed E-state index contributed by atoms with van der Waals surface area (Å²) in [6, 6.07) is 41.2. The predicted octanol–water partition coefficient (Wildman–Crippen LogP) is 14.4. The summed E-state index contributed by atoms with van der Waals surface area (Å²) in [5.74, 6) is -0.431. The number of ether oxygens (including phenoxy) is 2. The first-order valence-electron chi connectivity index (χ1n) is 36.1. The van der Waals surface area contributed by atoms with Crippen molar-refractivity contribution in [3.05, 3.63) is 134 Å². The van der Waals surface area contributed by atoms with E-state index < -0.39 is 68.7 Å². The average molecular weight is 1850 g/mol. The van der Waals surface area contributed by atoms with Crippen molar-refractivity contribution in [3.8, 4) is 0 Å². The molecule has 30 heteroatoms. The molecule has 10 nitrogen and oxygen atoms in total. The monoisotopic (exact) mass is 1840 g/mol. The van der Waals surface area contributed by atoms with E-state index in [0.717, 1.165) is 65.7 Å². The molecule has 4 bridgehead atoms. The van der Waals surface area contributed by atoms with Crippen LogP contribution >= 0.6 is 0 Å². The van der Waals surface area contributed by atoms with Crippen molar-refractivity contribution >= 4 is 225 Å². The second-order valence-corrected chi connectivity index (χ2v) is 69.3. The number of aliphatic hydroxyl groups is 2. The van der Waals surface area contributed by atoms with Crippen molar-refractivity contribution in [2.75, 3.05) is 13.2 Å². The minimum Gasteiger partial charge on any atom is -0.460 e. The maximum atomic E-state index is 14.1. The van der Waals surface area contributed by atoms with E-state index in [1.165, 1.54) is 17.8 Å². The van der Waals surface area contributed by atoms with Crippen molar-refractivity contribution < 1.29 is 47.7 Å². The van der Waals surface area contributed by atoms with Gasteiger partial charge in [-0.05, 0) is 129 Å². The van der Waals surface area contributed by atoms with Crippen LogP contribution in [0.5, 0.6) is 0 Å². The Bertz CT molecular complexity index is 4430. The van der Waals surface area contributed by atoms with E-state index in [-0.39, 0.29) is 102 Å². The normalized spacial score (nSPS) is 30.4. The first kappa shape index (κ1) is 96.0. The summed E-state index contributed by atoms with van der Waals surface area (Å²) < 4.78 is 27.0. The Hall–Kier alpha value is -0.866. The molecule has 0 saturated heterocycles. The van der Waals surface area contributed by atoms with Crippen LogP contribution in [0.4, 0.5) is 0 Å². The topological polar surface area (TPSA) is 146 Å². The fourth-order valence-electron chi connectivity index (χ4n) is 19.6. The molecule has 0 heterocycles. The molecule has 4 aromatic carbocycles. The van der Waals surface area contributed by atoms with Gasteiger partial charge >= 0.3 is 11.9 Å². The quantitative estimate of drug-likeness (QED) is 0.0704. The Morgan fingerprint density at radius 2 is 0.796 bits per heavy atom. The van der Waals surface area contributed by atoms with Crippen molar-refractivity contribution in [3.63, 3.8) is 0 Å². The second-order valence-electron chi connectivity index (χ2n) is 32.4. The molecule has 0 radical (unpaired) electrons. The van der Waals surface area contributed by atoms with E-state index in [4.69, 9.17) is 40.7 Å². The number of Topliss-reactive ketones (excluding diaryl/α,β-unsaturated/α-hetero) is 2. The Morgan fingerprint density at radius 3 is 1.08 bits per heavy atom. The lowest BCUT2D eigenvalue weighted by atomic mass is 9.43. The number of hydrogen-bond acceptors (Lipinski definition) is 12. The van der Waals surface area contributed by atoms with Gasteiger partial charge in [0, 0.05) is 205 Å². The van der Waals surface area contributed by atoms with Crippen molar-refractivity contribution in [2.24, 2.45) is 68.0 Å². The zero-order chi connectivity index (χ0) is 77.6. The third-order valence-electron chi connectivity index (χ3n) is 25.6. The average Bonchev–Trinajstić information content (AvgIpc) is 1.50. The van der Waals surface area contributed by atoms with E-state index in [1.807, 2.05) is 85.8 Å². The number of hydrogen-bond donors (Lipinski definition) is 2. The summed E-state index contributed by atoms with van der Waals surface area (Å²) in [5, 5.41) is 27.7. The standard InChI is InChI=1S/C38H54O5Si.C38H52O5Si.2CH4.S18/c2*1-9-36(7)24-31(37(8)26(2)20-22-38(27(3)34(36)41)23-21-30(39)33(37)38)43-32(40)25-42-44(35(4,5)6,28-16-12-10-13-17-28)29-18-14-11-15-19-29;;;1-3-5-7-9-11-13-15-17-18-16-14-12-10-8-6-4-2/h10-19,26-27,31,33-34,41H,9,20-25H2,1-8H3;9-19,26-27,31,33-34,41H,1,20-25H2,2-8H3;2*1H4;/t2*26-,27+,31-,33?,34+,36+,37+,38+;;;/m11.../s1. The zero-order valence-electron chi connectivity index (χ0n) is 63.3. The van der Waals surface area contributed by atoms with Gasteiger partial charge in [0.2, 0.25) is 0 Å². The van der Waals surface area contributed by atoms with Crippen LogP contribution in [0, 0.1) is 68.0 Å². The summed E-state index contributed by atoms with van der Waals surface area (Å²) in [4.78, 5) is 55.7. The highest BCUT2D eigenvalue weighted by Gasteiger charge is 2.70. The van der Waals surface area contributed by atoms with E-state index in [0.29, 0.717) is 25.7 Å². The van der Waals surface area contributed by atoms with Gasteiger partial charge in [0.15, 0.2) is 0 Å². The van der Waals surface area contributed by atoms with Crippen LogP contribution in [-0.4, -0.2) is 88.0 Å². The number of carbonyl (C=O) groups is 4. The molecule has 0 spiro atoms. The number of carbonyl (C=O) groups excluding carboxylic acids is 4.